The Bertz CT molecular complexity index is 948. The fourth-order valence-corrected chi connectivity index (χ4v) is 5.24. The van der Waals surface area contributed by atoms with Gasteiger partial charge in [0.2, 0.25) is 15.9 Å². The first-order chi connectivity index (χ1) is 13.2. The highest BCUT2D eigenvalue weighted by molar-refractivity contribution is 7.89. The molecule has 3 heterocycles. The molecular formula is C18H28N6O3S. The van der Waals surface area contributed by atoms with Crippen molar-refractivity contribution < 1.29 is 13.2 Å². The average Bonchev–Trinajstić information content (AvgIpc) is 3.28. The van der Waals surface area contributed by atoms with E-state index >= 15 is 0 Å². The van der Waals surface area contributed by atoms with Crippen molar-refractivity contribution in [2.45, 2.75) is 44.7 Å². The van der Waals surface area contributed by atoms with Gasteiger partial charge in [0.15, 0.2) is 0 Å². The predicted octanol–water partition coefficient (Wildman–Crippen LogP) is 1.00. The molecule has 154 valence electrons. The van der Waals surface area contributed by atoms with Crippen LogP contribution in [-0.4, -0.2) is 63.2 Å². The Kier molecular flexibility index (Phi) is 5.90. The fourth-order valence-electron chi connectivity index (χ4n) is 3.53. The van der Waals surface area contributed by atoms with E-state index in [1.54, 1.807) is 30.6 Å². The SMILES string of the molecule is CCn1ccc(CN(C)C(=O)[C@H]2CCCN(S(=O)(=O)c3cnn(C)c3C)C2)n1. The van der Waals surface area contributed by atoms with Crippen molar-refractivity contribution in [3.8, 4) is 0 Å². The second kappa shape index (κ2) is 8.04. The van der Waals surface area contributed by atoms with Gasteiger partial charge in [-0.15, -0.1) is 0 Å². The zero-order chi connectivity index (χ0) is 20.5. The van der Waals surface area contributed by atoms with Gasteiger partial charge in [-0.05, 0) is 32.8 Å². The van der Waals surface area contributed by atoms with Crippen LogP contribution in [0.25, 0.3) is 0 Å². The van der Waals surface area contributed by atoms with Crippen LogP contribution in [0.4, 0.5) is 0 Å². The summed E-state index contributed by atoms with van der Waals surface area (Å²) in [5, 5.41) is 8.45. The van der Waals surface area contributed by atoms with Crippen LogP contribution in [0.15, 0.2) is 23.4 Å². The molecule has 1 fully saturated rings. The molecule has 0 aliphatic carbocycles. The maximum Gasteiger partial charge on any atom is 0.246 e. The molecule has 28 heavy (non-hydrogen) atoms. The Hall–Kier alpha value is -2.20. The van der Waals surface area contributed by atoms with Crippen molar-refractivity contribution in [1.82, 2.24) is 28.8 Å². The minimum absolute atomic E-state index is 0.0474. The van der Waals surface area contributed by atoms with Gasteiger partial charge in [0.25, 0.3) is 0 Å². The molecule has 2 aromatic rings. The second-order valence-electron chi connectivity index (χ2n) is 7.28. The molecule has 0 radical (unpaired) electrons. The van der Waals surface area contributed by atoms with Crippen LogP contribution in [0.3, 0.4) is 0 Å². The number of piperidine rings is 1. The third-order valence-electron chi connectivity index (χ3n) is 5.34. The maximum absolute atomic E-state index is 13.0. The number of hydrogen-bond donors (Lipinski definition) is 0. The van der Waals surface area contributed by atoms with Crippen molar-refractivity contribution in [2.75, 3.05) is 20.1 Å². The summed E-state index contributed by atoms with van der Waals surface area (Å²) >= 11 is 0. The van der Waals surface area contributed by atoms with E-state index < -0.39 is 10.0 Å². The van der Waals surface area contributed by atoms with Crippen LogP contribution in [0.1, 0.15) is 31.2 Å². The summed E-state index contributed by atoms with van der Waals surface area (Å²) in [5.74, 6) is -0.396. The van der Waals surface area contributed by atoms with Crippen LogP contribution >= 0.6 is 0 Å². The Morgan fingerprint density at radius 2 is 2.14 bits per heavy atom. The Morgan fingerprint density at radius 3 is 2.75 bits per heavy atom. The lowest BCUT2D eigenvalue weighted by Crippen LogP contribution is -2.45. The largest absolute Gasteiger partial charge is 0.340 e. The van der Waals surface area contributed by atoms with E-state index in [0.29, 0.717) is 31.6 Å². The molecular weight excluding hydrogens is 380 g/mol. The number of aryl methyl sites for hydroxylation is 2. The van der Waals surface area contributed by atoms with E-state index in [4.69, 9.17) is 0 Å². The molecule has 1 aliphatic heterocycles. The molecule has 0 saturated carbocycles. The maximum atomic E-state index is 13.0. The molecule has 1 atom stereocenters. The highest BCUT2D eigenvalue weighted by Gasteiger charge is 2.35. The van der Waals surface area contributed by atoms with Crippen molar-refractivity contribution in [3.05, 3.63) is 29.8 Å². The first-order valence-electron chi connectivity index (χ1n) is 9.50. The number of nitrogens with zero attached hydrogens (tertiary/aromatic N) is 6. The van der Waals surface area contributed by atoms with E-state index in [-0.39, 0.29) is 23.3 Å². The van der Waals surface area contributed by atoms with E-state index in [1.165, 1.54) is 10.5 Å². The van der Waals surface area contributed by atoms with E-state index in [2.05, 4.69) is 10.2 Å². The summed E-state index contributed by atoms with van der Waals surface area (Å²) in [7, 11) is -0.203. The molecule has 10 heteroatoms. The second-order valence-corrected chi connectivity index (χ2v) is 9.18. The van der Waals surface area contributed by atoms with E-state index in [1.807, 2.05) is 23.9 Å². The van der Waals surface area contributed by atoms with Crippen molar-refractivity contribution in [2.24, 2.45) is 13.0 Å². The number of aromatic nitrogens is 4. The van der Waals surface area contributed by atoms with E-state index in [0.717, 1.165) is 12.2 Å². The third kappa shape index (κ3) is 3.97. The summed E-state index contributed by atoms with van der Waals surface area (Å²) in [6, 6.07) is 1.90. The van der Waals surface area contributed by atoms with Gasteiger partial charge in [0, 0.05) is 39.9 Å². The molecule has 0 N–H and O–H groups in total. The van der Waals surface area contributed by atoms with Crippen LogP contribution in [-0.2, 0) is 35.0 Å². The normalized spacial score (nSPS) is 18.4. The Labute approximate surface area is 166 Å². The van der Waals surface area contributed by atoms with Crippen LogP contribution in [0, 0.1) is 12.8 Å². The van der Waals surface area contributed by atoms with Gasteiger partial charge in [-0.1, -0.05) is 0 Å². The van der Waals surface area contributed by atoms with Gasteiger partial charge in [-0.3, -0.25) is 14.2 Å². The smallest absolute Gasteiger partial charge is 0.246 e. The third-order valence-corrected chi connectivity index (χ3v) is 7.30. The number of carbonyl (C=O) groups excluding carboxylic acids is 1. The summed E-state index contributed by atoms with van der Waals surface area (Å²) < 4.78 is 30.8. The lowest BCUT2D eigenvalue weighted by Gasteiger charge is -2.33. The molecule has 1 amide bonds. The minimum Gasteiger partial charge on any atom is -0.340 e. The highest BCUT2D eigenvalue weighted by atomic mass is 32.2. The molecule has 2 aromatic heterocycles. The molecule has 0 spiro atoms. The monoisotopic (exact) mass is 408 g/mol. The van der Waals surface area contributed by atoms with Gasteiger partial charge in [0.05, 0.1) is 30.0 Å². The van der Waals surface area contributed by atoms with Crippen molar-refractivity contribution in [3.63, 3.8) is 0 Å². The van der Waals surface area contributed by atoms with Gasteiger partial charge in [0.1, 0.15) is 4.90 Å². The standard InChI is InChI=1S/C18H28N6O3S/c1-5-23-10-8-16(20-23)13-21(3)18(25)15-7-6-9-24(12-15)28(26,27)17-11-19-22(4)14(17)2/h8,10-11,15H,5-7,9,12-13H2,1-4H3/t15-/m0/s1. The molecule has 3 rings (SSSR count). The predicted molar refractivity (Wildman–Crippen MR) is 104 cm³/mol. The first-order valence-corrected chi connectivity index (χ1v) is 10.9. The summed E-state index contributed by atoms with van der Waals surface area (Å²) in [5.41, 5.74) is 1.42. The van der Waals surface area contributed by atoms with E-state index in [9.17, 15) is 13.2 Å². The van der Waals surface area contributed by atoms with Crippen LogP contribution < -0.4 is 0 Å². The fraction of sp³-hybridized carbons (Fsp3) is 0.611. The lowest BCUT2D eigenvalue weighted by atomic mass is 9.98. The minimum atomic E-state index is -3.66. The first kappa shape index (κ1) is 20.5. The van der Waals surface area contributed by atoms with Crippen LogP contribution in [0.2, 0.25) is 0 Å². The molecule has 0 aromatic carbocycles. The van der Waals surface area contributed by atoms with Gasteiger partial charge in [-0.2, -0.15) is 14.5 Å². The molecule has 1 saturated heterocycles. The topological polar surface area (TPSA) is 93.3 Å². The number of carbonyl (C=O) groups is 1. The zero-order valence-electron chi connectivity index (χ0n) is 16.9. The van der Waals surface area contributed by atoms with Crippen molar-refractivity contribution >= 4 is 15.9 Å². The average molecular weight is 409 g/mol. The number of sulfonamides is 1. The Morgan fingerprint density at radius 1 is 1.39 bits per heavy atom. The quantitative estimate of drug-likeness (QED) is 0.711. The van der Waals surface area contributed by atoms with Crippen LogP contribution in [0.5, 0.6) is 0 Å². The summed E-state index contributed by atoms with van der Waals surface area (Å²) in [4.78, 5) is 14.8. The Balaban J connectivity index is 1.70. The number of amides is 1. The molecule has 0 unspecified atom stereocenters. The number of rotatable bonds is 6. The highest BCUT2D eigenvalue weighted by Crippen LogP contribution is 2.26. The molecule has 1 aliphatic rings. The van der Waals surface area contributed by atoms with Crippen molar-refractivity contribution in [1.29, 1.82) is 0 Å². The van der Waals surface area contributed by atoms with Gasteiger partial charge >= 0.3 is 0 Å². The number of hydrogen-bond acceptors (Lipinski definition) is 5. The summed E-state index contributed by atoms with van der Waals surface area (Å²) in [6.07, 6.45) is 4.61. The lowest BCUT2D eigenvalue weighted by molar-refractivity contribution is -0.135. The zero-order valence-corrected chi connectivity index (χ0v) is 17.7. The van der Waals surface area contributed by atoms with Gasteiger partial charge in [-0.25, -0.2) is 8.42 Å². The molecule has 0 bridgehead atoms. The summed E-state index contributed by atoms with van der Waals surface area (Å²) in [6.45, 7) is 5.55. The molecule has 9 nitrogen and oxygen atoms in total. The van der Waals surface area contributed by atoms with Gasteiger partial charge < -0.3 is 4.90 Å².